The van der Waals surface area contributed by atoms with Gasteiger partial charge < -0.3 is 15.5 Å². The van der Waals surface area contributed by atoms with Crippen LogP contribution in [0.1, 0.15) is 43.2 Å². The lowest BCUT2D eigenvalue weighted by Crippen LogP contribution is -2.45. The van der Waals surface area contributed by atoms with E-state index in [9.17, 15) is 18.0 Å². The number of benzene rings is 1. The number of carbonyl (C=O) groups excluding carboxylic acids is 1. The van der Waals surface area contributed by atoms with Gasteiger partial charge in [0.1, 0.15) is 0 Å². The molecule has 1 aromatic rings. The molecule has 0 bridgehead atoms. The van der Waals surface area contributed by atoms with Crippen LogP contribution in [0.5, 0.6) is 0 Å². The number of nitrogens with zero attached hydrogens (tertiary/aromatic N) is 2. The lowest BCUT2D eigenvalue weighted by molar-refractivity contribution is -0.137. The summed E-state index contributed by atoms with van der Waals surface area (Å²) in [5.41, 5.74) is -0.169. The number of guanidine groups is 1. The minimum Gasteiger partial charge on any atom is -0.352 e. The number of halogens is 4. The highest BCUT2D eigenvalue weighted by molar-refractivity contribution is 14.0. The number of amides is 1. The first-order valence-corrected chi connectivity index (χ1v) is 10.3. The first-order chi connectivity index (χ1) is 14.4. The molecule has 1 amide bonds. The SMILES string of the molecule is CN=C(NCC#Cc1ccc(C(F)(F)F)cc1)NC1CCN(C(=O)C2CCCC2)C1.I. The fourth-order valence-electron chi connectivity index (χ4n) is 3.91. The molecule has 1 aliphatic heterocycles. The van der Waals surface area contributed by atoms with Crippen molar-refractivity contribution in [3.05, 3.63) is 35.4 Å². The predicted molar refractivity (Wildman–Crippen MR) is 125 cm³/mol. The van der Waals surface area contributed by atoms with E-state index < -0.39 is 11.7 Å². The zero-order chi connectivity index (χ0) is 21.6. The summed E-state index contributed by atoms with van der Waals surface area (Å²) in [6, 6.07) is 4.91. The Morgan fingerprint density at radius 3 is 2.48 bits per heavy atom. The highest BCUT2D eigenvalue weighted by atomic mass is 127. The van der Waals surface area contributed by atoms with Gasteiger partial charge >= 0.3 is 6.18 Å². The third-order valence-corrected chi connectivity index (χ3v) is 5.56. The third-order valence-electron chi connectivity index (χ3n) is 5.56. The number of hydrogen-bond acceptors (Lipinski definition) is 2. The fourth-order valence-corrected chi connectivity index (χ4v) is 3.91. The summed E-state index contributed by atoms with van der Waals surface area (Å²) in [5, 5.41) is 6.40. The van der Waals surface area contributed by atoms with Crippen molar-refractivity contribution in [3.63, 3.8) is 0 Å². The van der Waals surface area contributed by atoms with Crippen LogP contribution in [0.3, 0.4) is 0 Å². The molecule has 1 atom stereocenters. The molecule has 0 spiro atoms. The molecule has 9 heteroatoms. The average Bonchev–Trinajstić information content (AvgIpc) is 3.41. The molecule has 1 aliphatic carbocycles. The number of aliphatic imine (C=N–C) groups is 1. The Labute approximate surface area is 198 Å². The molecule has 170 valence electrons. The molecule has 1 saturated heterocycles. The van der Waals surface area contributed by atoms with Crippen LogP contribution in [-0.4, -0.2) is 49.5 Å². The van der Waals surface area contributed by atoms with Crippen molar-refractivity contribution in [2.45, 2.75) is 44.3 Å². The molecule has 1 saturated carbocycles. The molecule has 0 aromatic heterocycles. The third kappa shape index (κ3) is 7.30. The van der Waals surface area contributed by atoms with E-state index in [4.69, 9.17) is 0 Å². The number of alkyl halides is 3. The normalized spacial score (nSPS) is 19.4. The molecule has 2 N–H and O–H groups in total. The number of rotatable bonds is 3. The van der Waals surface area contributed by atoms with Crippen LogP contribution in [0.2, 0.25) is 0 Å². The Morgan fingerprint density at radius 1 is 1.19 bits per heavy atom. The van der Waals surface area contributed by atoms with Crippen molar-refractivity contribution < 1.29 is 18.0 Å². The monoisotopic (exact) mass is 548 g/mol. The van der Waals surface area contributed by atoms with Gasteiger partial charge in [0.15, 0.2) is 5.96 Å². The van der Waals surface area contributed by atoms with Crippen molar-refractivity contribution in [1.29, 1.82) is 0 Å². The van der Waals surface area contributed by atoms with Crippen LogP contribution < -0.4 is 10.6 Å². The summed E-state index contributed by atoms with van der Waals surface area (Å²) in [6.07, 6.45) is 0.841. The van der Waals surface area contributed by atoms with Gasteiger partial charge in [-0.25, -0.2) is 0 Å². The molecule has 5 nitrogen and oxygen atoms in total. The molecule has 2 aliphatic rings. The lowest BCUT2D eigenvalue weighted by Gasteiger charge is -2.21. The van der Waals surface area contributed by atoms with E-state index in [0.717, 1.165) is 50.8 Å². The van der Waals surface area contributed by atoms with Gasteiger partial charge in [-0.2, -0.15) is 13.2 Å². The van der Waals surface area contributed by atoms with Crippen molar-refractivity contribution >= 4 is 35.8 Å². The Morgan fingerprint density at radius 2 is 1.87 bits per heavy atom. The zero-order valence-electron chi connectivity index (χ0n) is 17.5. The Balaban J connectivity index is 0.00000341. The molecule has 1 unspecified atom stereocenters. The van der Waals surface area contributed by atoms with Crippen LogP contribution in [-0.2, 0) is 11.0 Å². The maximum Gasteiger partial charge on any atom is 0.416 e. The minimum absolute atomic E-state index is 0. The first kappa shape index (κ1) is 25.3. The molecule has 1 heterocycles. The van der Waals surface area contributed by atoms with Gasteiger partial charge in [-0.3, -0.25) is 9.79 Å². The second-order valence-corrected chi connectivity index (χ2v) is 7.70. The highest BCUT2D eigenvalue weighted by Crippen LogP contribution is 2.29. The molecule has 1 aromatic carbocycles. The number of likely N-dealkylation sites (tertiary alicyclic amines) is 1. The molecular formula is C22H28F3IN4O. The number of nitrogens with one attached hydrogen (secondary N) is 2. The summed E-state index contributed by atoms with van der Waals surface area (Å²) < 4.78 is 37.7. The average molecular weight is 548 g/mol. The predicted octanol–water partition coefficient (Wildman–Crippen LogP) is 3.63. The molecule has 2 fully saturated rings. The second-order valence-electron chi connectivity index (χ2n) is 7.70. The van der Waals surface area contributed by atoms with E-state index in [0.29, 0.717) is 24.6 Å². The van der Waals surface area contributed by atoms with Gasteiger partial charge in [0.2, 0.25) is 5.91 Å². The Bertz CT molecular complexity index is 824. The summed E-state index contributed by atoms with van der Waals surface area (Å²) in [6.45, 7) is 1.74. The Hall–Kier alpha value is -1.96. The van der Waals surface area contributed by atoms with Crippen molar-refractivity contribution in [2.75, 3.05) is 26.7 Å². The van der Waals surface area contributed by atoms with E-state index in [1.165, 1.54) is 12.1 Å². The van der Waals surface area contributed by atoms with E-state index in [1.807, 2.05) is 4.90 Å². The number of carbonyl (C=O) groups is 1. The largest absolute Gasteiger partial charge is 0.416 e. The first-order valence-electron chi connectivity index (χ1n) is 10.3. The van der Waals surface area contributed by atoms with Gasteiger partial charge in [-0.15, -0.1) is 24.0 Å². The fraction of sp³-hybridized carbons (Fsp3) is 0.545. The minimum atomic E-state index is -4.34. The van der Waals surface area contributed by atoms with Crippen LogP contribution in [0.25, 0.3) is 0 Å². The van der Waals surface area contributed by atoms with Gasteiger partial charge in [-0.1, -0.05) is 24.7 Å². The molecule has 31 heavy (non-hydrogen) atoms. The lowest BCUT2D eigenvalue weighted by atomic mass is 10.1. The summed E-state index contributed by atoms with van der Waals surface area (Å²) in [4.78, 5) is 18.7. The Kier molecular flexibility index (Phi) is 9.47. The van der Waals surface area contributed by atoms with Crippen LogP contribution in [0, 0.1) is 17.8 Å². The van der Waals surface area contributed by atoms with E-state index >= 15 is 0 Å². The maximum absolute atomic E-state index is 12.6. The van der Waals surface area contributed by atoms with Crippen LogP contribution in [0.4, 0.5) is 13.2 Å². The molecule has 0 radical (unpaired) electrons. The van der Waals surface area contributed by atoms with Crippen molar-refractivity contribution in [3.8, 4) is 11.8 Å². The van der Waals surface area contributed by atoms with Gasteiger partial charge in [-0.05, 0) is 43.5 Å². The smallest absolute Gasteiger partial charge is 0.352 e. The van der Waals surface area contributed by atoms with E-state index in [-0.39, 0.29) is 41.8 Å². The van der Waals surface area contributed by atoms with E-state index in [2.05, 4.69) is 27.5 Å². The van der Waals surface area contributed by atoms with Crippen molar-refractivity contribution in [2.24, 2.45) is 10.9 Å². The standard InChI is InChI=1S/C22H27F3N4O.HI/c1-26-21(27-13-4-5-16-8-10-18(11-9-16)22(23,24)25)28-19-12-14-29(15-19)20(30)17-6-2-3-7-17;/h8-11,17,19H,2-3,6-7,12-15H2,1H3,(H2,26,27,28);1H. The van der Waals surface area contributed by atoms with E-state index in [1.54, 1.807) is 7.05 Å². The quantitative estimate of drug-likeness (QED) is 0.263. The summed E-state index contributed by atoms with van der Waals surface area (Å²) in [7, 11) is 1.66. The van der Waals surface area contributed by atoms with Crippen LogP contribution in [0.15, 0.2) is 29.3 Å². The van der Waals surface area contributed by atoms with Crippen molar-refractivity contribution in [1.82, 2.24) is 15.5 Å². The van der Waals surface area contributed by atoms with Crippen LogP contribution >= 0.6 is 24.0 Å². The zero-order valence-corrected chi connectivity index (χ0v) is 19.8. The maximum atomic E-state index is 12.6. The summed E-state index contributed by atoms with van der Waals surface area (Å²) in [5.74, 6) is 6.79. The topological polar surface area (TPSA) is 56.7 Å². The van der Waals surface area contributed by atoms with Gasteiger partial charge in [0, 0.05) is 37.7 Å². The van der Waals surface area contributed by atoms with Gasteiger partial charge in [0.05, 0.1) is 12.1 Å². The molecular weight excluding hydrogens is 520 g/mol. The summed E-state index contributed by atoms with van der Waals surface area (Å²) >= 11 is 0. The molecule has 3 rings (SSSR count). The van der Waals surface area contributed by atoms with Gasteiger partial charge in [0.25, 0.3) is 0 Å². The highest BCUT2D eigenvalue weighted by Gasteiger charge is 2.32. The second kappa shape index (κ2) is 11.6. The number of hydrogen-bond donors (Lipinski definition) is 2.